The van der Waals surface area contributed by atoms with Crippen LogP contribution >= 0.6 is 0 Å². The molecule has 0 heterocycles. The van der Waals surface area contributed by atoms with Gasteiger partial charge < -0.3 is 9.84 Å². The van der Waals surface area contributed by atoms with Gasteiger partial charge in [0.05, 0.1) is 12.7 Å². The van der Waals surface area contributed by atoms with Gasteiger partial charge in [-0.25, -0.2) is 0 Å². The first-order valence-electron chi connectivity index (χ1n) is 10.4. The lowest BCUT2D eigenvalue weighted by molar-refractivity contribution is 0.158. The largest absolute Gasteiger partial charge is 0.493 e. The van der Waals surface area contributed by atoms with Gasteiger partial charge in [-0.1, -0.05) is 68.7 Å². The number of ether oxygens (including phenoxy) is 1. The van der Waals surface area contributed by atoms with E-state index in [1.807, 2.05) is 0 Å². The Morgan fingerprint density at radius 2 is 1.42 bits per heavy atom. The third-order valence-electron chi connectivity index (χ3n) is 4.87. The number of benzene rings is 1. The number of unbranched alkanes of at least 4 members (excludes halogenated alkanes) is 1. The molecule has 0 spiro atoms. The predicted molar refractivity (Wildman–Crippen MR) is 113 cm³/mol. The predicted octanol–water partition coefficient (Wildman–Crippen LogP) is 6.93. The van der Waals surface area contributed by atoms with Crippen LogP contribution in [0.15, 0.2) is 12.1 Å². The molecule has 26 heavy (non-hydrogen) atoms. The maximum atomic E-state index is 10.8. The van der Waals surface area contributed by atoms with Gasteiger partial charge >= 0.3 is 0 Å². The quantitative estimate of drug-likeness (QED) is 0.508. The molecule has 0 aliphatic carbocycles. The van der Waals surface area contributed by atoms with E-state index in [2.05, 4.69) is 74.4 Å². The third-order valence-corrected chi connectivity index (χ3v) is 4.87. The van der Waals surface area contributed by atoms with Gasteiger partial charge in [-0.05, 0) is 53.7 Å². The van der Waals surface area contributed by atoms with Gasteiger partial charge in [0.25, 0.3) is 0 Å². The first-order chi connectivity index (χ1) is 11.9. The van der Waals surface area contributed by atoms with Gasteiger partial charge in [0, 0.05) is 11.1 Å². The molecule has 150 valence electrons. The van der Waals surface area contributed by atoms with Crippen LogP contribution in [0.5, 0.6) is 5.75 Å². The van der Waals surface area contributed by atoms with E-state index in [0.717, 1.165) is 43.6 Å². The standard InChI is InChI=1S/C24H42O2/c1-10-11-14-26-22-19(23(4,5)6)15-18(16-20(22)24(7,8)9)21(25)13-12-17(2)3/h15-17,21,25H,10-14H2,1-9H3. The smallest absolute Gasteiger partial charge is 0.126 e. The van der Waals surface area contributed by atoms with Gasteiger partial charge in [0.1, 0.15) is 5.75 Å². The summed E-state index contributed by atoms with van der Waals surface area (Å²) in [5.41, 5.74) is 3.38. The van der Waals surface area contributed by atoms with E-state index in [0.29, 0.717) is 5.92 Å². The molecule has 0 saturated heterocycles. The summed E-state index contributed by atoms with van der Waals surface area (Å²) in [5.74, 6) is 1.63. The minimum atomic E-state index is -0.413. The van der Waals surface area contributed by atoms with Crippen LogP contribution < -0.4 is 4.74 Å². The fourth-order valence-corrected chi connectivity index (χ4v) is 3.09. The molecule has 1 atom stereocenters. The molecule has 0 aromatic heterocycles. The van der Waals surface area contributed by atoms with E-state index in [-0.39, 0.29) is 10.8 Å². The van der Waals surface area contributed by atoms with Crippen molar-refractivity contribution in [2.45, 2.75) is 105 Å². The molecular formula is C24H42O2. The Morgan fingerprint density at radius 1 is 0.923 bits per heavy atom. The maximum Gasteiger partial charge on any atom is 0.126 e. The van der Waals surface area contributed by atoms with E-state index in [4.69, 9.17) is 4.74 Å². The Kier molecular flexibility index (Phi) is 8.20. The van der Waals surface area contributed by atoms with E-state index in [1.54, 1.807) is 0 Å². The highest BCUT2D eigenvalue weighted by atomic mass is 16.5. The molecule has 1 aromatic rings. The monoisotopic (exact) mass is 362 g/mol. The lowest BCUT2D eigenvalue weighted by atomic mass is 9.77. The Balaban J connectivity index is 3.43. The second-order valence-electron chi connectivity index (χ2n) is 10.1. The third kappa shape index (κ3) is 6.61. The van der Waals surface area contributed by atoms with Crippen molar-refractivity contribution in [3.8, 4) is 5.75 Å². The molecule has 0 fully saturated rings. The average Bonchev–Trinajstić information content (AvgIpc) is 2.50. The summed E-state index contributed by atoms with van der Waals surface area (Å²) in [7, 11) is 0. The summed E-state index contributed by atoms with van der Waals surface area (Å²) in [5, 5.41) is 10.8. The maximum absolute atomic E-state index is 10.8. The molecule has 0 radical (unpaired) electrons. The molecule has 0 saturated carbocycles. The Labute approximate surface area is 162 Å². The van der Waals surface area contributed by atoms with Crippen molar-refractivity contribution >= 4 is 0 Å². The topological polar surface area (TPSA) is 29.5 Å². The van der Waals surface area contributed by atoms with E-state index in [9.17, 15) is 5.11 Å². The number of rotatable bonds is 8. The zero-order valence-corrected chi connectivity index (χ0v) is 18.7. The van der Waals surface area contributed by atoms with Crippen LogP contribution in [-0.4, -0.2) is 11.7 Å². The van der Waals surface area contributed by atoms with Crippen molar-refractivity contribution in [3.63, 3.8) is 0 Å². The Morgan fingerprint density at radius 3 is 1.81 bits per heavy atom. The van der Waals surface area contributed by atoms with Crippen LogP contribution in [0.4, 0.5) is 0 Å². The van der Waals surface area contributed by atoms with Crippen LogP contribution in [0, 0.1) is 5.92 Å². The average molecular weight is 363 g/mol. The first-order valence-corrected chi connectivity index (χ1v) is 10.4. The molecule has 1 unspecified atom stereocenters. The van der Waals surface area contributed by atoms with Crippen LogP contribution in [0.1, 0.15) is 111 Å². The van der Waals surface area contributed by atoms with E-state index < -0.39 is 6.10 Å². The molecule has 0 amide bonds. The van der Waals surface area contributed by atoms with Gasteiger partial charge in [0.15, 0.2) is 0 Å². The van der Waals surface area contributed by atoms with Crippen molar-refractivity contribution < 1.29 is 9.84 Å². The molecular weight excluding hydrogens is 320 g/mol. The fourth-order valence-electron chi connectivity index (χ4n) is 3.09. The molecule has 1 N–H and O–H groups in total. The second-order valence-corrected chi connectivity index (χ2v) is 10.1. The number of aliphatic hydroxyl groups is 1. The second kappa shape index (κ2) is 9.26. The number of aliphatic hydroxyl groups excluding tert-OH is 1. The molecule has 2 nitrogen and oxygen atoms in total. The van der Waals surface area contributed by atoms with Crippen molar-refractivity contribution in [1.82, 2.24) is 0 Å². The minimum Gasteiger partial charge on any atom is -0.493 e. The minimum absolute atomic E-state index is 0.0324. The molecule has 0 aliphatic heterocycles. The summed E-state index contributed by atoms with van der Waals surface area (Å²) >= 11 is 0. The summed E-state index contributed by atoms with van der Waals surface area (Å²) in [6.45, 7) is 20.7. The highest BCUT2D eigenvalue weighted by Crippen LogP contribution is 2.42. The molecule has 2 heteroatoms. The fraction of sp³-hybridized carbons (Fsp3) is 0.750. The molecule has 0 aliphatic rings. The lowest BCUT2D eigenvalue weighted by Gasteiger charge is -2.31. The van der Waals surface area contributed by atoms with Crippen molar-refractivity contribution in [2.75, 3.05) is 6.61 Å². The van der Waals surface area contributed by atoms with Gasteiger partial charge in [0.2, 0.25) is 0 Å². The first kappa shape index (κ1) is 23.0. The molecule has 0 bridgehead atoms. The van der Waals surface area contributed by atoms with Crippen LogP contribution in [-0.2, 0) is 10.8 Å². The highest BCUT2D eigenvalue weighted by molar-refractivity contribution is 5.51. The zero-order chi connectivity index (χ0) is 20.1. The Hall–Kier alpha value is -1.02. The molecule has 1 rings (SSSR count). The molecule has 1 aromatic carbocycles. The van der Waals surface area contributed by atoms with Crippen molar-refractivity contribution in [1.29, 1.82) is 0 Å². The van der Waals surface area contributed by atoms with Crippen LogP contribution in [0.2, 0.25) is 0 Å². The van der Waals surface area contributed by atoms with Crippen molar-refractivity contribution in [3.05, 3.63) is 28.8 Å². The van der Waals surface area contributed by atoms with Crippen molar-refractivity contribution in [2.24, 2.45) is 5.92 Å². The lowest BCUT2D eigenvalue weighted by Crippen LogP contribution is -2.21. The van der Waals surface area contributed by atoms with Crippen LogP contribution in [0.3, 0.4) is 0 Å². The summed E-state index contributed by atoms with van der Waals surface area (Å²) < 4.78 is 6.31. The highest BCUT2D eigenvalue weighted by Gasteiger charge is 2.29. The van der Waals surface area contributed by atoms with Gasteiger partial charge in [-0.15, -0.1) is 0 Å². The Bertz CT molecular complexity index is 524. The summed E-state index contributed by atoms with van der Waals surface area (Å²) in [6.07, 6.45) is 3.62. The van der Waals surface area contributed by atoms with Gasteiger partial charge in [-0.3, -0.25) is 0 Å². The van der Waals surface area contributed by atoms with Crippen LogP contribution in [0.25, 0.3) is 0 Å². The van der Waals surface area contributed by atoms with Gasteiger partial charge in [-0.2, -0.15) is 0 Å². The zero-order valence-electron chi connectivity index (χ0n) is 18.7. The summed E-state index contributed by atoms with van der Waals surface area (Å²) in [6, 6.07) is 4.36. The van der Waals surface area contributed by atoms with E-state index in [1.165, 1.54) is 11.1 Å². The normalized spacial score (nSPS) is 14.0. The SMILES string of the molecule is CCCCOc1c(C(C)(C)C)cc(C(O)CCC(C)C)cc1C(C)(C)C. The van der Waals surface area contributed by atoms with E-state index >= 15 is 0 Å². The summed E-state index contributed by atoms with van der Waals surface area (Å²) in [4.78, 5) is 0. The number of hydrogen-bond donors (Lipinski definition) is 1. The number of hydrogen-bond acceptors (Lipinski definition) is 2.